The molecule has 0 spiro atoms. The molecule has 2 aromatic rings. The maximum atomic E-state index is 13.1. The van der Waals surface area contributed by atoms with Gasteiger partial charge in [0.05, 0.1) is 15.8 Å². The number of rotatable bonds is 10. The maximum absolute atomic E-state index is 13.1. The molecule has 2 amide bonds. The van der Waals surface area contributed by atoms with Crippen LogP contribution in [0.4, 0.5) is 0 Å². The number of carbonyl (C=O) groups is 2. The molecular weight excluding hydrogens is 475 g/mol. The van der Waals surface area contributed by atoms with E-state index in [4.69, 9.17) is 34.8 Å². The first-order valence-corrected chi connectivity index (χ1v) is 12.4. The van der Waals surface area contributed by atoms with Crippen LogP contribution in [0.15, 0.2) is 42.5 Å². The summed E-state index contributed by atoms with van der Waals surface area (Å²) in [6.07, 6.45) is 0.820. The predicted octanol–water partition coefficient (Wildman–Crippen LogP) is 6.21. The summed E-state index contributed by atoms with van der Waals surface area (Å²) in [6.45, 7) is 6.01. The van der Waals surface area contributed by atoms with Crippen molar-refractivity contribution in [2.24, 2.45) is 0 Å². The highest BCUT2D eigenvalue weighted by molar-refractivity contribution is 7.99. The molecule has 0 aliphatic carbocycles. The SMILES string of the molecule is CCC(C)NC(=O)C(C)N(Cc1cccc(Cl)c1)C(=O)CSCc1ccc(Cl)c(Cl)c1. The second-order valence-corrected chi connectivity index (χ2v) is 9.62. The summed E-state index contributed by atoms with van der Waals surface area (Å²) in [7, 11) is 0. The Balaban J connectivity index is 2.08. The lowest BCUT2D eigenvalue weighted by atomic mass is 10.1. The molecule has 2 aromatic carbocycles. The van der Waals surface area contributed by atoms with Crippen LogP contribution in [0.5, 0.6) is 0 Å². The fraction of sp³-hybridized carbons (Fsp3) is 0.391. The van der Waals surface area contributed by atoms with Crippen LogP contribution in [0, 0.1) is 0 Å². The zero-order valence-electron chi connectivity index (χ0n) is 17.8. The molecule has 0 heterocycles. The van der Waals surface area contributed by atoms with Gasteiger partial charge in [0.2, 0.25) is 11.8 Å². The molecule has 0 saturated carbocycles. The molecule has 0 aliphatic heterocycles. The van der Waals surface area contributed by atoms with Gasteiger partial charge in [-0.15, -0.1) is 11.8 Å². The van der Waals surface area contributed by atoms with Crippen molar-refractivity contribution in [1.82, 2.24) is 10.2 Å². The van der Waals surface area contributed by atoms with Crippen LogP contribution in [-0.2, 0) is 21.9 Å². The molecule has 2 rings (SSSR count). The Hall–Kier alpha value is -1.40. The summed E-state index contributed by atoms with van der Waals surface area (Å²) in [5.41, 5.74) is 1.86. The molecule has 2 atom stereocenters. The average Bonchev–Trinajstić information content (AvgIpc) is 2.73. The van der Waals surface area contributed by atoms with E-state index < -0.39 is 6.04 Å². The van der Waals surface area contributed by atoms with Gasteiger partial charge in [-0.05, 0) is 55.7 Å². The Bertz CT molecular complexity index is 910. The average molecular weight is 502 g/mol. The number of nitrogens with zero attached hydrogens (tertiary/aromatic N) is 1. The van der Waals surface area contributed by atoms with Crippen LogP contribution < -0.4 is 5.32 Å². The number of hydrogen-bond donors (Lipinski definition) is 1. The Labute approximate surface area is 203 Å². The third-order valence-electron chi connectivity index (χ3n) is 4.89. The summed E-state index contributed by atoms with van der Waals surface area (Å²) in [6, 6.07) is 12.2. The fourth-order valence-electron chi connectivity index (χ4n) is 2.85. The molecule has 0 fully saturated rings. The van der Waals surface area contributed by atoms with Gasteiger partial charge in [-0.2, -0.15) is 0 Å². The zero-order valence-corrected chi connectivity index (χ0v) is 20.9. The van der Waals surface area contributed by atoms with E-state index in [-0.39, 0.29) is 23.6 Å². The van der Waals surface area contributed by atoms with Crippen molar-refractivity contribution in [3.63, 3.8) is 0 Å². The molecule has 8 heteroatoms. The summed E-state index contributed by atoms with van der Waals surface area (Å²) >= 11 is 19.6. The minimum atomic E-state index is -0.606. The van der Waals surface area contributed by atoms with Crippen molar-refractivity contribution in [2.45, 2.75) is 51.6 Å². The molecule has 1 N–H and O–H groups in total. The van der Waals surface area contributed by atoms with E-state index in [1.807, 2.05) is 38.1 Å². The second-order valence-electron chi connectivity index (χ2n) is 7.39. The van der Waals surface area contributed by atoms with Crippen molar-refractivity contribution >= 4 is 58.4 Å². The maximum Gasteiger partial charge on any atom is 0.242 e. The summed E-state index contributed by atoms with van der Waals surface area (Å²) in [5, 5.41) is 4.55. The number of halogens is 3. The van der Waals surface area contributed by atoms with Gasteiger partial charge in [0.25, 0.3) is 0 Å². The highest BCUT2D eigenvalue weighted by Gasteiger charge is 2.26. The standard InChI is InChI=1S/C23H27Cl3N2O2S/c1-4-15(2)27-23(30)16(3)28(12-17-6-5-7-19(24)10-17)22(29)14-31-13-18-8-9-20(25)21(26)11-18/h5-11,15-16H,4,12-14H2,1-3H3,(H,27,30). The Morgan fingerprint density at radius 2 is 1.77 bits per heavy atom. The predicted molar refractivity (Wildman–Crippen MR) is 132 cm³/mol. The third kappa shape index (κ3) is 8.23. The van der Waals surface area contributed by atoms with Crippen LogP contribution in [0.1, 0.15) is 38.3 Å². The molecule has 168 valence electrons. The van der Waals surface area contributed by atoms with Gasteiger partial charge in [-0.25, -0.2) is 0 Å². The minimum Gasteiger partial charge on any atom is -0.352 e. The largest absolute Gasteiger partial charge is 0.352 e. The highest BCUT2D eigenvalue weighted by atomic mass is 35.5. The number of carbonyl (C=O) groups excluding carboxylic acids is 2. The first-order chi connectivity index (χ1) is 14.7. The van der Waals surface area contributed by atoms with Crippen LogP contribution >= 0.6 is 46.6 Å². The molecular formula is C23H27Cl3N2O2S. The van der Waals surface area contributed by atoms with Crippen LogP contribution in [-0.4, -0.2) is 34.6 Å². The van der Waals surface area contributed by atoms with Gasteiger partial charge in [-0.3, -0.25) is 9.59 Å². The quantitative estimate of drug-likeness (QED) is 0.421. The Kier molecular flexibility index (Phi) is 10.5. The zero-order chi connectivity index (χ0) is 23.0. The molecule has 2 unspecified atom stereocenters. The lowest BCUT2D eigenvalue weighted by Gasteiger charge is -2.29. The van der Waals surface area contributed by atoms with E-state index in [9.17, 15) is 9.59 Å². The molecule has 0 aliphatic rings. The van der Waals surface area contributed by atoms with E-state index >= 15 is 0 Å². The van der Waals surface area contributed by atoms with E-state index in [0.717, 1.165) is 17.5 Å². The second kappa shape index (κ2) is 12.6. The lowest BCUT2D eigenvalue weighted by molar-refractivity contribution is -0.138. The minimum absolute atomic E-state index is 0.0436. The molecule has 0 bridgehead atoms. The van der Waals surface area contributed by atoms with Crippen molar-refractivity contribution < 1.29 is 9.59 Å². The van der Waals surface area contributed by atoms with Gasteiger partial charge in [0.15, 0.2) is 0 Å². The number of hydrogen-bond acceptors (Lipinski definition) is 3. The normalized spacial score (nSPS) is 12.8. The topological polar surface area (TPSA) is 49.4 Å². The summed E-state index contributed by atoms with van der Waals surface area (Å²) < 4.78 is 0. The monoisotopic (exact) mass is 500 g/mol. The van der Waals surface area contributed by atoms with Gasteiger partial charge in [0.1, 0.15) is 6.04 Å². The number of nitrogens with one attached hydrogen (secondary N) is 1. The first kappa shape index (κ1) is 25.9. The van der Waals surface area contributed by atoms with E-state index in [1.54, 1.807) is 30.0 Å². The number of benzene rings is 2. The van der Waals surface area contributed by atoms with Crippen LogP contribution in [0.2, 0.25) is 15.1 Å². The third-order valence-corrected chi connectivity index (χ3v) is 6.85. The van der Waals surface area contributed by atoms with E-state index in [2.05, 4.69) is 5.32 Å². The molecule has 31 heavy (non-hydrogen) atoms. The van der Waals surface area contributed by atoms with Crippen molar-refractivity contribution in [1.29, 1.82) is 0 Å². The smallest absolute Gasteiger partial charge is 0.242 e. The van der Waals surface area contributed by atoms with Crippen molar-refractivity contribution in [3.8, 4) is 0 Å². The van der Waals surface area contributed by atoms with E-state index in [1.165, 1.54) is 11.8 Å². The Morgan fingerprint density at radius 1 is 1.03 bits per heavy atom. The summed E-state index contributed by atoms with van der Waals surface area (Å²) in [4.78, 5) is 27.4. The van der Waals surface area contributed by atoms with E-state index in [0.29, 0.717) is 27.4 Å². The molecule has 4 nitrogen and oxygen atoms in total. The highest BCUT2D eigenvalue weighted by Crippen LogP contribution is 2.25. The lowest BCUT2D eigenvalue weighted by Crippen LogP contribution is -2.50. The fourth-order valence-corrected chi connectivity index (χ4v) is 4.24. The molecule has 0 radical (unpaired) electrons. The van der Waals surface area contributed by atoms with Crippen LogP contribution in [0.3, 0.4) is 0 Å². The van der Waals surface area contributed by atoms with Crippen molar-refractivity contribution in [3.05, 3.63) is 68.7 Å². The Morgan fingerprint density at radius 3 is 2.42 bits per heavy atom. The van der Waals surface area contributed by atoms with Crippen molar-refractivity contribution in [2.75, 3.05) is 5.75 Å². The van der Waals surface area contributed by atoms with Crippen LogP contribution in [0.25, 0.3) is 0 Å². The molecule has 0 saturated heterocycles. The van der Waals surface area contributed by atoms with Gasteiger partial charge >= 0.3 is 0 Å². The number of thioether (sulfide) groups is 1. The van der Waals surface area contributed by atoms with Gasteiger partial charge < -0.3 is 10.2 Å². The van der Waals surface area contributed by atoms with Gasteiger partial charge in [-0.1, -0.05) is 59.9 Å². The first-order valence-electron chi connectivity index (χ1n) is 10.1. The summed E-state index contributed by atoms with van der Waals surface area (Å²) in [5.74, 6) is 0.569. The number of amides is 2. The molecule has 0 aromatic heterocycles. The van der Waals surface area contributed by atoms with Gasteiger partial charge in [0, 0.05) is 23.4 Å².